The monoisotopic (exact) mass is 340 g/mol. The summed E-state index contributed by atoms with van der Waals surface area (Å²) in [7, 11) is 0. The van der Waals surface area contributed by atoms with Gasteiger partial charge in [0, 0.05) is 18.2 Å². The number of carbonyl (C=O) groups excluding carboxylic acids is 1. The zero-order valence-corrected chi connectivity index (χ0v) is 13.9. The van der Waals surface area contributed by atoms with E-state index in [1.165, 1.54) is 11.8 Å². The predicted molar refractivity (Wildman–Crippen MR) is 94.4 cm³/mol. The van der Waals surface area contributed by atoms with Gasteiger partial charge in [-0.3, -0.25) is 9.69 Å². The maximum Gasteiger partial charge on any atom is 0.266 e. The Balaban J connectivity index is 1.92. The van der Waals surface area contributed by atoms with Crippen LogP contribution in [0, 0.1) is 11.3 Å². The summed E-state index contributed by atoms with van der Waals surface area (Å²) in [6.07, 6.45) is 1.69. The second-order valence-electron chi connectivity index (χ2n) is 4.79. The summed E-state index contributed by atoms with van der Waals surface area (Å²) < 4.78 is 6.33. The van der Waals surface area contributed by atoms with Gasteiger partial charge in [0.25, 0.3) is 5.91 Å². The van der Waals surface area contributed by atoms with E-state index in [0.29, 0.717) is 32.9 Å². The zero-order chi connectivity index (χ0) is 16.4. The van der Waals surface area contributed by atoms with Gasteiger partial charge in [-0.1, -0.05) is 36.1 Å². The minimum Gasteiger partial charge on any atom is -0.457 e. The summed E-state index contributed by atoms with van der Waals surface area (Å²) in [5.74, 6) is 1.06. The molecule has 0 aliphatic carbocycles. The summed E-state index contributed by atoms with van der Waals surface area (Å²) >= 11 is 6.46. The van der Waals surface area contributed by atoms with Crippen molar-refractivity contribution in [3.05, 3.63) is 52.6 Å². The molecule has 0 unspecified atom stereocenters. The van der Waals surface area contributed by atoms with E-state index in [-0.39, 0.29) is 5.91 Å². The van der Waals surface area contributed by atoms with E-state index in [2.05, 4.69) is 6.07 Å². The molecule has 23 heavy (non-hydrogen) atoms. The number of thiocarbonyl (C=S) groups is 1. The van der Waals surface area contributed by atoms with Crippen LogP contribution in [-0.2, 0) is 4.79 Å². The molecule has 1 aromatic heterocycles. The summed E-state index contributed by atoms with van der Waals surface area (Å²) in [5.41, 5.74) is 1.28. The van der Waals surface area contributed by atoms with Crippen LogP contribution in [0.3, 0.4) is 0 Å². The number of amides is 1. The molecule has 0 saturated carbocycles. The number of likely N-dealkylation sites (N-methyl/N-ethyl adjacent to an activating group) is 1. The molecule has 2 aromatic rings. The van der Waals surface area contributed by atoms with E-state index in [1.807, 2.05) is 25.1 Å². The van der Waals surface area contributed by atoms with Gasteiger partial charge in [0.05, 0.1) is 16.5 Å². The van der Waals surface area contributed by atoms with Crippen LogP contribution < -0.4 is 0 Å². The zero-order valence-electron chi connectivity index (χ0n) is 12.3. The number of nitriles is 1. The van der Waals surface area contributed by atoms with Gasteiger partial charge < -0.3 is 4.42 Å². The van der Waals surface area contributed by atoms with Crippen molar-refractivity contribution in [2.45, 2.75) is 6.92 Å². The number of nitrogens with zero attached hydrogens (tertiary/aromatic N) is 2. The Morgan fingerprint density at radius 2 is 2.13 bits per heavy atom. The van der Waals surface area contributed by atoms with E-state index in [4.69, 9.17) is 21.9 Å². The summed E-state index contributed by atoms with van der Waals surface area (Å²) in [6.45, 7) is 2.44. The van der Waals surface area contributed by atoms with Crippen LogP contribution in [0.25, 0.3) is 17.4 Å². The average Bonchev–Trinajstić information content (AvgIpc) is 3.12. The standard InChI is InChI=1S/C17H12N2O2S2/c1-2-19-16(20)15(23-17(19)22)9-12-7-8-14(21-12)13-6-4-3-5-11(13)10-18/h3-9H,2H2,1H3/b15-9-. The summed E-state index contributed by atoms with van der Waals surface area (Å²) in [5, 5.41) is 9.17. The third-order valence-corrected chi connectivity index (χ3v) is 4.78. The molecule has 0 N–H and O–H groups in total. The number of thioether (sulfide) groups is 1. The van der Waals surface area contributed by atoms with Crippen LogP contribution in [0.15, 0.2) is 45.7 Å². The number of carbonyl (C=O) groups is 1. The highest BCUT2D eigenvalue weighted by Gasteiger charge is 2.30. The minimum atomic E-state index is -0.0992. The van der Waals surface area contributed by atoms with E-state index in [0.717, 1.165) is 5.56 Å². The van der Waals surface area contributed by atoms with Gasteiger partial charge >= 0.3 is 0 Å². The van der Waals surface area contributed by atoms with Crippen LogP contribution in [0.1, 0.15) is 18.2 Å². The Morgan fingerprint density at radius 3 is 2.83 bits per heavy atom. The quantitative estimate of drug-likeness (QED) is 0.623. The van der Waals surface area contributed by atoms with Crippen molar-refractivity contribution < 1.29 is 9.21 Å². The molecule has 1 amide bonds. The number of furan rings is 1. The highest BCUT2D eigenvalue weighted by Crippen LogP contribution is 2.33. The van der Waals surface area contributed by atoms with Gasteiger partial charge in [0.2, 0.25) is 0 Å². The molecule has 1 aliphatic heterocycles. The maximum absolute atomic E-state index is 12.2. The normalized spacial score (nSPS) is 16.2. The molecular weight excluding hydrogens is 328 g/mol. The van der Waals surface area contributed by atoms with Crippen molar-refractivity contribution >= 4 is 40.3 Å². The first-order valence-corrected chi connectivity index (χ1v) is 8.21. The molecule has 4 nitrogen and oxygen atoms in total. The predicted octanol–water partition coefficient (Wildman–Crippen LogP) is 4.04. The van der Waals surface area contributed by atoms with Crippen LogP contribution in [-0.4, -0.2) is 21.7 Å². The third-order valence-electron chi connectivity index (χ3n) is 3.40. The Bertz CT molecular complexity index is 861. The fourth-order valence-electron chi connectivity index (χ4n) is 2.27. The maximum atomic E-state index is 12.2. The fourth-order valence-corrected chi connectivity index (χ4v) is 3.64. The van der Waals surface area contributed by atoms with Crippen LogP contribution in [0.5, 0.6) is 0 Å². The van der Waals surface area contributed by atoms with Crippen molar-refractivity contribution in [3.8, 4) is 17.4 Å². The molecule has 1 saturated heterocycles. The molecule has 6 heteroatoms. The SMILES string of the molecule is CCN1C(=O)/C(=C/c2ccc(-c3ccccc3C#N)o2)SC1=S. The van der Waals surface area contributed by atoms with Crippen molar-refractivity contribution in [3.63, 3.8) is 0 Å². The number of hydrogen-bond acceptors (Lipinski definition) is 5. The minimum absolute atomic E-state index is 0.0992. The van der Waals surface area contributed by atoms with E-state index in [9.17, 15) is 4.79 Å². The van der Waals surface area contributed by atoms with E-state index in [1.54, 1.807) is 29.2 Å². The highest BCUT2D eigenvalue weighted by molar-refractivity contribution is 8.26. The second kappa shape index (κ2) is 6.41. The van der Waals surface area contributed by atoms with Crippen LogP contribution in [0.4, 0.5) is 0 Å². The Labute approximate surface area is 143 Å². The van der Waals surface area contributed by atoms with Crippen molar-refractivity contribution in [1.82, 2.24) is 4.90 Å². The Kier molecular flexibility index (Phi) is 4.33. The molecule has 0 atom stereocenters. The topological polar surface area (TPSA) is 57.2 Å². The largest absolute Gasteiger partial charge is 0.457 e. The average molecular weight is 340 g/mol. The van der Waals surface area contributed by atoms with Gasteiger partial charge in [-0.2, -0.15) is 5.26 Å². The van der Waals surface area contributed by atoms with Gasteiger partial charge in [0.15, 0.2) is 0 Å². The smallest absolute Gasteiger partial charge is 0.266 e. The molecule has 0 radical (unpaired) electrons. The molecular formula is C17H12N2O2S2. The van der Waals surface area contributed by atoms with Gasteiger partial charge in [-0.05, 0) is 31.2 Å². The lowest BCUT2D eigenvalue weighted by Crippen LogP contribution is -2.27. The third kappa shape index (κ3) is 2.93. The Morgan fingerprint density at radius 1 is 1.35 bits per heavy atom. The van der Waals surface area contributed by atoms with Gasteiger partial charge in [-0.25, -0.2) is 0 Å². The van der Waals surface area contributed by atoms with Crippen molar-refractivity contribution in [2.75, 3.05) is 6.54 Å². The van der Waals surface area contributed by atoms with E-state index >= 15 is 0 Å². The van der Waals surface area contributed by atoms with Crippen LogP contribution in [0.2, 0.25) is 0 Å². The van der Waals surface area contributed by atoms with Gasteiger partial charge in [-0.15, -0.1) is 0 Å². The van der Waals surface area contributed by atoms with E-state index < -0.39 is 0 Å². The molecule has 0 bridgehead atoms. The summed E-state index contributed by atoms with van der Waals surface area (Å²) in [6, 6.07) is 12.9. The molecule has 3 rings (SSSR count). The van der Waals surface area contributed by atoms with Crippen molar-refractivity contribution in [1.29, 1.82) is 5.26 Å². The number of rotatable bonds is 3. The first-order chi connectivity index (χ1) is 11.1. The molecule has 1 aromatic carbocycles. The molecule has 2 heterocycles. The highest BCUT2D eigenvalue weighted by atomic mass is 32.2. The fraction of sp³-hybridized carbons (Fsp3) is 0.118. The number of benzene rings is 1. The lowest BCUT2D eigenvalue weighted by Gasteiger charge is -2.09. The molecule has 1 fully saturated rings. The summed E-state index contributed by atoms with van der Waals surface area (Å²) in [4.78, 5) is 14.3. The Hall–Kier alpha value is -2.36. The van der Waals surface area contributed by atoms with Crippen LogP contribution >= 0.6 is 24.0 Å². The number of hydrogen-bond donors (Lipinski definition) is 0. The second-order valence-corrected chi connectivity index (χ2v) is 6.46. The van der Waals surface area contributed by atoms with Gasteiger partial charge in [0.1, 0.15) is 15.8 Å². The molecule has 114 valence electrons. The lowest BCUT2D eigenvalue weighted by molar-refractivity contribution is -0.121. The first kappa shape index (κ1) is 15.5. The molecule has 1 aliphatic rings. The van der Waals surface area contributed by atoms with Crippen molar-refractivity contribution in [2.24, 2.45) is 0 Å². The lowest BCUT2D eigenvalue weighted by atomic mass is 10.1. The molecule has 0 spiro atoms. The first-order valence-electron chi connectivity index (χ1n) is 6.98.